The van der Waals surface area contributed by atoms with E-state index >= 15 is 0 Å². The maximum Gasteiger partial charge on any atom is 0.142 e. The van der Waals surface area contributed by atoms with Crippen molar-refractivity contribution in [2.24, 2.45) is 5.41 Å². The highest BCUT2D eigenvalue weighted by atomic mass is 79.9. The molecule has 86 valence electrons. The Bertz CT molecular complexity index is 414. The molecule has 0 saturated carbocycles. The van der Waals surface area contributed by atoms with Crippen LogP contribution in [0, 0.1) is 5.41 Å². The molecule has 2 rings (SSSR count). The highest BCUT2D eigenvalue weighted by Gasteiger charge is 2.34. The van der Waals surface area contributed by atoms with Gasteiger partial charge < -0.3 is 4.90 Å². The first-order valence-electron chi connectivity index (χ1n) is 5.53. The summed E-state index contributed by atoms with van der Waals surface area (Å²) in [5.41, 5.74) is 0.955. The third-order valence-electron chi connectivity index (χ3n) is 3.14. The van der Waals surface area contributed by atoms with E-state index in [0.29, 0.717) is 12.2 Å². The number of halogens is 1. The minimum absolute atomic E-state index is 0.229. The monoisotopic (exact) mass is 281 g/mol. The van der Waals surface area contributed by atoms with E-state index in [4.69, 9.17) is 0 Å². The molecule has 1 heterocycles. The van der Waals surface area contributed by atoms with Crippen molar-refractivity contribution in [1.29, 1.82) is 0 Å². The molecular formula is C13H16BrNO. The molecule has 3 heteroatoms. The van der Waals surface area contributed by atoms with Gasteiger partial charge in [0, 0.05) is 29.4 Å². The fraction of sp³-hybridized carbons (Fsp3) is 0.462. The molecular weight excluding hydrogens is 266 g/mol. The molecule has 1 saturated heterocycles. The third-order valence-corrected chi connectivity index (χ3v) is 3.81. The number of nitrogens with zero attached hydrogens (tertiary/aromatic N) is 1. The molecule has 1 aliphatic heterocycles. The minimum atomic E-state index is -0.229. The SMILES string of the molecule is CC1(C)CN(c2ccccc2Br)CCC1=O. The van der Waals surface area contributed by atoms with Gasteiger partial charge in [-0.1, -0.05) is 26.0 Å². The highest BCUT2D eigenvalue weighted by Crippen LogP contribution is 2.32. The van der Waals surface area contributed by atoms with Crippen LogP contribution in [-0.4, -0.2) is 18.9 Å². The molecule has 0 N–H and O–H groups in total. The number of hydrogen-bond acceptors (Lipinski definition) is 2. The van der Waals surface area contributed by atoms with E-state index in [1.807, 2.05) is 32.0 Å². The predicted molar refractivity (Wildman–Crippen MR) is 69.8 cm³/mol. The van der Waals surface area contributed by atoms with Crippen molar-refractivity contribution in [2.75, 3.05) is 18.0 Å². The number of hydrogen-bond donors (Lipinski definition) is 0. The topological polar surface area (TPSA) is 20.3 Å². The van der Waals surface area contributed by atoms with Crippen LogP contribution in [0.15, 0.2) is 28.7 Å². The lowest BCUT2D eigenvalue weighted by Crippen LogP contribution is -2.46. The lowest BCUT2D eigenvalue weighted by atomic mass is 9.82. The molecule has 2 nitrogen and oxygen atoms in total. The first kappa shape index (κ1) is 11.6. The van der Waals surface area contributed by atoms with Crippen molar-refractivity contribution in [2.45, 2.75) is 20.3 Å². The maximum atomic E-state index is 11.7. The van der Waals surface area contributed by atoms with E-state index in [1.165, 1.54) is 5.69 Å². The molecule has 1 aromatic rings. The van der Waals surface area contributed by atoms with Gasteiger partial charge in [0.05, 0.1) is 5.69 Å². The van der Waals surface area contributed by atoms with Crippen molar-refractivity contribution >= 4 is 27.4 Å². The smallest absolute Gasteiger partial charge is 0.142 e. The molecule has 1 aromatic carbocycles. The highest BCUT2D eigenvalue weighted by molar-refractivity contribution is 9.10. The molecule has 1 aliphatic rings. The van der Waals surface area contributed by atoms with Crippen molar-refractivity contribution in [3.05, 3.63) is 28.7 Å². The van der Waals surface area contributed by atoms with Gasteiger partial charge >= 0.3 is 0 Å². The van der Waals surface area contributed by atoms with Crippen LogP contribution in [0.3, 0.4) is 0 Å². The number of benzene rings is 1. The molecule has 0 amide bonds. The number of piperidine rings is 1. The van der Waals surface area contributed by atoms with Crippen molar-refractivity contribution in [1.82, 2.24) is 0 Å². The maximum absolute atomic E-state index is 11.7. The Labute approximate surface area is 105 Å². The van der Waals surface area contributed by atoms with E-state index in [-0.39, 0.29) is 5.41 Å². The second-order valence-corrected chi connectivity index (χ2v) is 5.78. The fourth-order valence-corrected chi connectivity index (χ4v) is 2.67. The Morgan fingerprint density at radius 1 is 1.31 bits per heavy atom. The molecule has 0 spiro atoms. The van der Waals surface area contributed by atoms with E-state index in [0.717, 1.165) is 17.6 Å². The zero-order valence-corrected chi connectivity index (χ0v) is 11.3. The van der Waals surface area contributed by atoms with Gasteiger partial charge in [-0.05, 0) is 28.1 Å². The van der Waals surface area contributed by atoms with Crippen molar-refractivity contribution in [3.63, 3.8) is 0 Å². The minimum Gasteiger partial charge on any atom is -0.369 e. The van der Waals surface area contributed by atoms with Gasteiger partial charge in [0.25, 0.3) is 0 Å². The third kappa shape index (κ3) is 2.14. The molecule has 0 atom stereocenters. The molecule has 0 aliphatic carbocycles. The normalized spacial score (nSPS) is 19.9. The summed E-state index contributed by atoms with van der Waals surface area (Å²) < 4.78 is 1.10. The van der Waals surface area contributed by atoms with Crippen LogP contribution in [0.2, 0.25) is 0 Å². The Hall–Kier alpha value is -0.830. The summed E-state index contributed by atoms with van der Waals surface area (Å²) in [6, 6.07) is 8.17. The summed E-state index contributed by atoms with van der Waals surface area (Å²) in [5, 5.41) is 0. The Morgan fingerprint density at radius 3 is 2.62 bits per heavy atom. The number of anilines is 1. The number of Topliss-reactive ketones (excluding diaryl/α,β-unsaturated/α-hetero) is 1. The standard InChI is InChI=1S/C13H16BrNO/c1-13(2)9-15(8-7-12(13)16)11-6-4-3-5-10(11)14/h3-6H,7-9H2,1-2H3. The molecule has 0 bridgehead atoms. The van der Waals surface area contributed by atoms with E-state index in [2.05, 4.69) is 26.9 Å². The molecule has 0 radical (unpaired) electrons. The quantitative estimate of drug-likeness (QED) is 0.788. The number of carbonyl (C=O) groups is 1. The first-order chi connectivity index (χ1) is 7.50. The summed E-state index contributed by atoms with van der Waals surface area (Å²) in [7, 11) is 0. The van der Waals surface area contributed by atoms with E-state index < -0.39 is 0 Å². The van der Waals surface area contributed by atoms with Gasteiger partial charge in [0.15, 0.2) is 0 Å². The summed E-state index contributed by atoms with van der Waals surface area (Å²) >= 11 is 3.56. The van der Waals surface area contributed by atoms with E-state index in [9.17, 15) is 4.79 Å². The van der Waals surface area contributed by atoms with Crippen LogP contribution >= 0.6 is 15.9 Å². The van der Waals surface area contributed by atoms with Gasteiger partial charge in [-0.15, -0.1) is 0 Å². The van der Waals surface area contributed by atoms with Crippen LogP contribution in [0.4, 0.5) is 5.69 Å². The average Bonchev–Trinajstić information content (AvgIpc) is 2.23. The second kappa shape index (κ2) is 4.21. The van der Waals surface area contributed by atoms with E-state index in [1.54, 1.807) is 0 Å². The zero-order valence-electron chi connectivity index (χ0n) is 9.66. The van der Waals surface area contributed by atoms with Gasteiger partial charge in [0.1, 0.15) is 5.78 Å². The van der Waals surface area contributed by atoms with Gasteiger partial charge in [-0.3, -0.25) is 4.79 Å². The summed E-state index contributed by atoms with van der Waals surface area (Å²) in [6.07, 6.45) is 0.647. The van der Waals surface area contributed by atoms with Crippen molar-refractivity contribution < 1.29 is 4.79 Å². The molecule has 0 aromatic heterocycles. The molecule has 16 heavy (non-hydrogen) atoms. The van der Waals surface area contributed by atoms with Crippen LogP contribution in [-0.2, 0) is 4.79 Å². The Morgan fingerprint density at radius 2 is 2.00 bits per heavy atom. The fourth-order valence-electron chi connectivity index (χ4n) is 2.13. The Balaban J connectivity index is 2.25. The van der Waals surface area contributed by atoms with Gasteiger partial charge in [-0.25, -0.2) is 0 Å². The van der Waals surface area contributed by atoms with Crippen LogP contribution in [0.5, 0.6) is 0 Å². The zero-order chi connectivity index (χ0) is 11.8. The molecule has 1 fully saturated rings. The first-order valence-corrected chi connectivity index (χ1v) is 6.33. The molecule has 0 unspecified atom stereocenters. The van der Waals surface area contributed by atoms with Crippen LogP contribution in [0.25, 0.3) is 0 Å². The number of para-hydroxylation sites is 1. The average molecular weight is 282 g/mol. The summed E-state index contributed by atoms with van der Waals surface area (Å²) in [4.78, 5) is 14.0. The predicted octanol–water partition coefficient (Wildman–Crippen LogP) is 3.25. The Kier molecular flexibility index (Phi) is 3.06. The van der Waals surface area contributed by atoms with Crippen LogP contribution < -0.4 is 4.90 Å². The lowest BCUT2D eigenvalue weighted by molar-refractivity contribution is -0.127. The van der Waals surface area contributed by atoms with Gasteiger partial charge in [-0.2, -0.15) is 0 Å². The van der Waals surface area contributed by atoms with Gasteiger partial charge in [0.2, 0.25) is 0 Å². The second-order valence-electron chi connectivity index (χ2n) is 4.93. The lowest BCUT2D eigenvalue weighted by Gasteiger charge is -2.38. The summed E-state index contributed by atoms with van der Waals surface area (Å²) in [6.45, 7) is 5.68. The van der Waals surface area contributed by atoms with Crippen LogP contribution in [0.1, 0.15) is 20.3 Å². The number of rotatable bonds is 1. The summed E-state index contributed by atoms with van der Waals surface area (Å²) in [5.74, 6) is 0.371. The number of carbonyl (C=O) groups excluding carboxylic acids is 1. The largest absolute Gasteiger partial charge is 0.369 e. The van der Waals surface area contributed by atoms with Crippen molar-refractivity contribution in [3.8, 4) is 0 Å². The number of ketones is 1.